The normalized spacial score (nSPS) is 12.2. The number of benzene rings is 1. The van der Waals surface area contributed by atoms with Gasteiger partial charge in [-0.15, -0.1) is 0 Å². The molecule has 0 saturated heterocycles. The van der Waals surface area contributed by atoms with Crippen LogP contribution in [0, 0.1) is 0 Å². The molecule has 0 bridgehead atoms. The quantitative estimate of drug-likeness (QED) is 0.793. The summed E-state index contributed by atoms with van der Waals surface area (Å²) in [5, 5.41) is 6.08. The van der Waals surface area contributed by atoms with Crippen LogP contribution in [0.15, 0.2) is 24.3 Å². The summed E-state index contributed by atoms with van der Waals surface area (Å²) in [5.74, 6) is -0.0381. The Kier molecular flexibility index (Phi) is 5.70. The average Bonchev–Trinajstić information content (AvgIpc) is 2.36. The highest BCUT2D eigenvalue weighted by Crippen LogP contribution is 2.05. The standard InChI is InChI=1S/C14H22N2O/c1-4-5-11(2)16-10-12-6-8-13(9-7-12)14(17)15-3/h6-9,11,16H,4-5,10H2,1-3H3,(H,15,17). The Morgan fingerprint density at radius 2 is 1.94 bits per heavy atom. The molecule has 0 heterocycles. The summed E-state index contributed by atoms with van der Waals surface area (Å²) in [5.41, 5.74) is 1.92. The molecule has 0 aromatic heterocycles. The lowest BCUT2D eigenvalue weighted by Gasteiger charge is -2.12. The Morgan fingerprint density at radius 3 is 2.47 bits per heavy atom. The van der Waals surface area contributed by atoms with Gasteiger partial charge in [0.25, 0.3) is 5.91 Å². The van der Waals surface area contributed by atoms with E-state index in [1.807, 2.05) is 24.3 Å². The number of carbonyl (C=O) groups is 1. The van der Waals surface area contributed by atoms with E-state index in [1.165, 1.54) is 18.4 Å². The fraction of sp³-hybridized carbons (Fsp3) is 0.500. The Hall–Kier alpha value is -1.35. The van der Waals surface area contributed by atoms with Crippen LogP contribution in [0.2, 0.25) is 0 Å². The summed E-state index contributed by atoms with van der Waals surface area (Å²) in [6.07, 6.45) is 2.39. The summed E-state index contributed by atoms with van der Waals surface area (Å²) < 4.78 is 0. The topological polar surface area (TPSA) is 41.1 Å². The van der Waals surface area contributed by atoms with Gasteiger partial charge in [0.1, 0.15) is 0 Å². The Balaban J connectivity index is 2.48. The first-order chi connectivity index (χ1) is 8.17. The number of amides is 1. The van der Waals surface area contributed by atoms with Gasteiger partial charge in [-0.05, 0) is 31.0 Å². The maximum atomic E-state index is 11.3. The minimum Gasteiger partial charge on any atom is -0.355 e. The highest BCUT2D eigenvalue weighted by Gasteiger charge is 2.03. The molecule has 1 atom stereocenters. The molecule has 0 fully saturated rings. The van der Waals surface area contributed by atoms with Crippen molar-refractivity contribution in [3.63, 3.8) is 0 Å². The van der Waals surface area contributed by atoms with E-state index in [0.29, 0.717) is 11.6 Å². The zero-order valence-corrected chi connectivity index (χ0v) is 10.9. The lowest BCUT2D eigenvalue weighted by atomic mass is 10.1. The Bertz CT molecular complexity index is 346. The van der Waals surface area contributed by atoms with E-state index in [2.05, 4.69) is 24.5 Å². The van der Waals surface area contributed by atoms with E-state index in [1.54, 1.807) is 7.05 Å². The van der Waals surface area contributed by atoms with Crippen molar-refractivity contribution in [1.82, 2.24) is 10.6 Å². The zero-order valence-electron chi connectivity index (χ0n) is 10.9. The second-order valence-electron chi connectivity index (χ2n) is 4.35. The highest BCUT2D eigenvalue weighted by molar-refractivity contribution is 5.93. The van der Waals surface area contributed by atoms with Crippen molar-refractivity contribution < 1.29 is 4.79 Å². The van der Waals surface area contributed by atoms with Gasteiger partial charge in [-0.25, -0.2) is 0 Å². The molecule has 0 aliphatic heterocycles. The molecule has 1 amide bonds. The fourth-order valence-electron chi connectivity index (χ4n) is 1.75. The molecule has 1 aromatic carbocycles. The number of hydrogen-bond donors (Lipinski definition) is 2. The van der Waals surface area contributed by atoms with Crippen LogP contribution in [0.1, 0.15) is 42.6 Å². The molecule has 1 rings (SSSR count). The van der Waals surface area contributed by atoms with Crippen LogP contribution in [-0.4, -0.2) is 19.0 Å². The third-order valence-corrected chi connectivity index (χ3v) is 2.82. The molecule has 0 aliphatic carbocycles. The third-order valence-electron chi connectivity index (χ3n) is 2.82. The molecule has 94 valence electrons. The van der Waals surface area contributed by atoms with Gasteiger partial charge in [0.05, 0.1) is 0 Å². The van der Waals surface area contributed by atoms with E-state index in [9.17, 15) is 4.79 Å². The summed E-state index contributed by atoms with van der Waals surface area (Å²) in [7, 11) is 1.64. The molecule has 3 nitrogen and oxygen atoms in total. The fourth-order valence-corrected chi connectivity index (χ4v) is 1.75. The molecule has 1 unspecified atom stereocenters. The van der Waals surface area contributed by atoms with Crippen LogP contribution in [0.4, 0.5) is 0 Å². The van der Waals surface area contributed by atoms with Crippen LogP contribution in [0.3, 0.4) is 0 Å². The van der Waals surface area contributed by atoms with E-state index in [0.717, 1.165) is 6.54 Å². The number of nitrogens with one attached hydrogen (secondary N) is 2. The van der Waals surface area contributed by atoms with Crippen molar-refractivity contribution in [2.45, 2.75) is 39.3 Å². The minimum atomic E-state index is -0.0381. The first-order valence-electron chi connectivity index (χ1n) is 6.21. The summed E-state index contributed by atoms with van der Waals surface area (Å²) in [6, 6.07) is 8.26. The third kappa shape index (κ3) is 4.57. The first kappa shape index (κ1) is 13.7. The van der Waals surface area contributed by atoms with Gasteiger partial charge in [-0.2, -0.15) is 0 Å². The smallest absolute Gasteiger partial charge is 0.251 e. The molecule has 17 heavy (non-hydrogen) atoms. The van der Waals surface area contributed by atoms with Crippen molar-refractivity contribution in [2.24, 2.45) is 0 Å². The molecule has 0 saturated carbocycles. The van der Waals surface area contributed by atoms with Crippen LogP contribution in [-0.2, 0) is 6.54 Å². The SMILES string of the molecule is CCCC(C)NCc1ccc(C(=O)NC)cc1. The van der Waals surface area contributed by atoms with Crippen molar-refractivity contribution in [2.75, 3.05) is 7.05 Å². The van der Waals surface area contributed by atoms with Crippen LogP contribution < -0.4 is 10.6 Å². The van der Waals surface area contributed by atoms with Crippen molar-refractivity contribution in [3.05, 3.63) is 35.4 Å². The van der Waals surface area contributed by atoms with Gasteiger partial charge in [0.15, 0.2) is 0 Å². The van der Waals surface area contributed by atoms with E-state index >= 15 is 0 Å². The lowest BCUT2D eigenvalue weighted by Crippen LogP contribution is -2.25. The molecule has 2 N–H and O–H groups in total. The summed E-state index contributed by atoms with van der Waals surface area (Å²) in [4.78, 5) is 11.3. The van der Waals surface area contributed by atoms with Gasteiger partial charge in [-0.1, -0.05) is 25.5 Å². The maximum absolute atomic E-state index is 11.3. The van der Waals surface area contributed by atoms with Crippen molar-refractivity contribution in [3.8, 4) is 0 Å². The van der Waals surface area contributed by atoms with Gasteiger partial charge in [-0.3, -0.25) is 4.79 Å². The Labute approximate surface area is 104 Å². The zero-order chi connectivity index (χ0) is 12.7. The average molecular weight is 234 g/mol. The second kappa shape index (κ2) is 7.07. The largest absolute Gasteiger partial charge is 0.355 e. The van der Waals surface area contributed by atoms with E-state index < -0.39 is 0 Å². The van der Waals surface area contributed by atoms with E-state index in [4.69, 9.17) is 0 Å². The molecule has 0 radical (unpaired) electrons. The van der Waals surface area contributed by atoms with E-state index in [-0.39, 0.29) is 5.91 Å². The van der Waals surface area contributed by atoms with Gasteiger partial charge in [0, 0.05) is 25.2 Å². The second-order valence-corrected chi connectivity index (χ2v) is 4.35. The number of hydrogen-bond acceptors (Lipinski definition) is 2. The van der Waals surface area contributed by atoms with Gasteiger partial charge in [0.2, 0.25) is 0 Å². The van der Waals surface area contributed by atoms with Crippen molar-refractivity contribution in [1.29, 1.82) is 0 Å². The monoisotopic (exact) mass is 234 g/mol. The van der Waals surface area contributed by atoms with Crippen molar-refractivity contribution >= 4 is 5.91 Å². The lowest BCUT2D eigenvalue weighted by molar-refractivity contribution is 0.0963. The molecular weight excluding hydrogens is 212 g/mol. The van der Waals surface area contributed by atoms with Gasteiger partial charge < -0.3 is 10.6 Å². The van der Waals surface area contributed by atoms with Crippen LogP contribution >= 0.6 is 0 Å². The molecule has 1 aromatic rings. The molecule has 0 spiro atoms. The molecule has 0 aliphatic rings. The minimum absolute atomic E-state index is 0.0381. The van der Waals surface area contributed by atoms with Gasteiger partial charge >= 0.3 is 0 Å². The molecular formula is C14H22N2O. The predicted molar refractivity (Wildman–Crippen MR) is 71.0 cm³/mol. The Morgan fingerprint density at radius 1 is 1.29 bits per heavy atom. The van der Waals surface area contributed by atoms with Crippen LogP contribution in [0.5, 0.6) is 0 Å². The summed E-state index contributed by atoms with van der Waals surface area (Å²) in [6.45, 7) is 5.24. The predicted octanol–water partition coefficient (Wildman–Crippen LogP) is 2.32. The number of carbonyl (C=O) groups excluding carboxylic acids is 1. The maximum Gasteiger partial charge on any atom is 0.251 e. The first-order valence-corrected chi connectivity index (χ1v) is 6.21. The highest BCUT2D eigenvalue weighted by atomic mass is 16.1. The summed E-state index contributed by atoms with van der Waals surface area (Å²) >= 11 is 0. The number of rotatable bonds is 6. The van der Waals surface area contributed by atoms with Crippen LogP contribution in [0.25, 0.3) is 0 Å². The molecule has 3 heteroatoms.